The minimum atomic E-state index is -0.276. The molecule has 3 aromatic heterocycles. The lowest BCUT2D eigenvalue weighted by atomic mass is 10.2. The summed E-state index contributed by atoms with van der Waals surface area (Å²) >= 11 is 1.49. The molecular formula is C16H19N5O2S. The van der Waals surface area contributed by atoms with Crippen LogP contribution in [-0.4, -0.2) is 25.2 Å². The normalized spacial score (nSPS) is 11.2. The second kappa shape index (κ2) is 5.86. The van der Waals surface area contributed by atoms with Gasteiger partial charge in [-0.25, -0.2) is 4.98 Å². The van der Waals surface area contributed by atoms with E-state index in [1.807, 2.05) is 34.7 Å². The van der Waals surface area contributed by atoms with Gasteiger partial charge in [0.2, 0.25) is 5.91 Å². The molecule has 0 atom stereocenters. The highest BCUT2D eigenvalue weighted by Gasteiger charge is 2.16. The van der Waals surface area contributed by atoms with E-state index in [4.69, 9.17) is 0 Å². The van der Waals surface area contributed by atoms with E-state index in [1.54, 1.807) is 4.68 Å². The molecule has 0 saturated heterocycles. The molecule has 126 valence electrons. The summed E-state index contributed by atoms with van der Waals surface area (Å²) in [5.74, 6) is -0.276. The number of aryl methyl sites for hydroxylation is 4. The SMILES string of the molecule is Cc1nn(C)c(C)c1NC(=O)Cn1cnc2sc(C)c(C)c2c1=O. The first-order valence-electron chi connectivity index (χ1n) is 7.54. The van der Waals surface area contributed by atoms with E-state index < -0.39 is 0 Å². The first-order chi connectivity index (χ1) is 11.3. The van der Waals surface area contributed by atoms with E-state index in [-0.39, 0.29) is 18.0 Å². The number of thiophene rings is 1. The summed E-state index contributed by atoms with van der Waals surface area (Å²) < 4.78 is 3.06. The van der Waals surface area contributed by atoms with Crippen LogP contribution in [0.4, 0.5) is 5.69 Å². The molecule has 0 bridgehead atoms. The Hall–Kier alpha value is -2.48. The minimum absolute atomic E-state index is 0.0795. The second-order valence-electron chi connectivity index (χ2n) is 5.86. The molecule has 3 aromatic rings. The summed E-state index contributed by atoms with van der Waals surface area (Å²) in [7, 11) is 1.82. The van der Waals surface area contributed by atoms with Gasteiger partial charge in [0.05, 0.1) is 28.8 Å². The summed E-state index contributed by atoms with van der Waals surface area (Å²) in [4.78, 5) is 31.1. The molecule has 0 saturated carbocycles. The number of aromatic nitrogens is 4. The molecule has 3 rings (SSSR count). The monoisotopic (exact) mass is 345 g/mol. The number of carbonyl (C=O) groups is 1. The lowest BCUT2D eigenvalue weighted by Crippen LogP contribution is -2.28. The van der Waals surface area contributed by atoms with E-state index in [0.717, 1.165) is 21.8 Å². The van der Waals surface area contributed by atoms with Gasteiger partial charge in [-0.15, -0.1) is 11.3 Å². The van der Waals surface area contributed by atoms with Crippen molar-refractivity contribution in [2.45, 2.75) is 34.2 Å². The molecule has 0 radical (unpaired) electrons. The van der Waals surface area contributed by atoms with Crippen LogP contribution in [0.5, 0.6) is 0 Å². The highest BCUT2D eigenvalue weighted by Crippen LogP contribution is 2.25. The number of rotatable bonds is 3. The summed E-state index contributed by atoms with van der Waals surface area (Å²) in [6.07, 6.45) is 1.43. The van der Waals surface area contributed by atoms with Gasteiger partial charge in [-0.2, -0.15) is 5.10 Å². The van der Waals surface area contributed by atoms with Gasteiger partial charge in [0.1, 0.15) is 11.4 Å². The number of amides is 1. The summed E-state index contributed by atoms with van der Waals surface area (Å²) in [5, 5.41) is 7.70. The molecule has 3 heterocycles. The Morgan fingerprint density at radius 3 is 2.62 bits per heavy atom. The zero-order valence-corrected chi connectivity index (χ0v) is 15.1. The first-order valence-corrected chi connectivity index (χ1v) is 8.36. The van der Waals surface area contributed by atoms with E-state index >= 15 is 0 Å². The van der Waals surface area contributed by atoms with Gasteiger partial charge in [-0.05, 0) is 33.3 Å². The quantitative estimate of drug-likeness (QED) is 0.788. The Morgan fingerprint density at radius 2 is 2.00 bits per heavy atom. The van der Waals surface area contributed by atoms with Crippen LogP contribution in [0.1, 0.15) is 21.8 Å². The molecule has 0 aliphatic carbocycles. The minimum Gasteiger partial charge on any atom is -0.321 e. The van der Waals surface area contributed by atoms with Crippen molar-refractivity contribution >= 4 is 33.1 Å². The van der Waals surface area contributed by atoms with Crippen molar-refractivity contribution in [2.24, 2.45) is 7.05 Å². The fraction of sp³-hybridized carbons (Fsp3) is 0.375. The number of anilines is 1. The summed E-state index contributed by atoms with van der Waals surface area (Å²) in [5.41, 5.74) is 3.05. The van der Waals surface area contributed by atoms with Gasteiger partial charge < -0.3 is 5.32 Å². The number of fused-ring (bicyclic) bond motifs is 1. The second-order valence-corrected chi connectivity index (χ2v) is 7.06. The maximum Gasteiger partial charge on any atom is 0.262 e. The molecule has 7 nitrogen and oxygen atoms in total. The molecule has 0 fully saturated rings. The van der Waals surface area contributed by atoms with Crippen molar-refractivity contribution in [2.75, 3.05) is 5.32 Å². The predicted molar refractivity (Wildman–Crippen MR) is 94.7 cm³/mol. The third-order valence-electron chi connectivity index (χ3n) is 4.24. The van der Waals surface area contributed by atoms with E-state index in [9.17, 15) is 9.59 Å². The average Bonchev–Trinajstić information content (AvgIpc) is 2.94. The lowest BCUT2D eigenvalue weighted by molar-refractivity contribution is -0.116. The van der Waals surface area contributed by atoms with Crippen LogP contribution >= 0.6 is 11.3 Å². The Labute approximate surface area is 142 Å². The van der Waals surface area contributed by atoms with E-state index in [0.29, 0.717) is 15.9 Å². The lowest BCUT2D eigenvalue weighted by Gasteiger charge is -2.08. The molecule has 0 unspecified atom stereocenters. The molecule has 1 N–H and O–H groups in total. The summed E-state index contributed by atoms with van der Waals surface area (Å²) in [6.45, 7) is 7.51. The van der Waals surface area contributed by atoms with Gasteiger partial charge in [0.15, 0.2) is 0 Å². The van der Waals surface area contributed by atoms with Crippen LogP contribution in [0.2, 0.25) is 0 Å². The number of nitrogens with one attached hydrogen (secondary N) is 1. The molecule has 24 heavy (non-hydrogen) atoms. The Bertz CT molecular complexity index is 1010. The van der Waals surface area contributed by atoms with E-state index in [1.165, 1.54) is 22.2 Å². The number of hydrogen-bond donors (Lipinski definition) is 1. The molecule has 1 amide bonds. The molecule has 0 aromatic carbocycles. The van der Waals surface area contributed by atoms with Crippen molar-refractivity contribution in [3.05, 3.63) is 38.5 Å². The summed E-state index contributed by atoms with van der Waals surface area (Å²) in [6, 6.07) is 0. The Balaban J connectivity index is 1.90. The van der Waals surface area contributed by atoms with Gasteiger partial charge in [0, 0.05) is 11.9 Å². The third-order valence-corrected chi connectivity index (χ3v) is 5.36. The van der Waals surface area contributed by atoms with Gasteiger partial charge >= 0.3 is 0 Å². The van der Waals surface area contributed by atoms with Crippen LogP contribution in [0, 0.1) is 27.7 Å². The zero-order valence-electron chi connectivity index (χ0n) is 14.3. The fourth-order valence-corrected chi connectivity index (χ4v) is 3.66. The molecular weight excluding hydrogens is 326 g/mol. The number of nitrogens with zero attached hydrogens (tertiary/aromatic N) is 4. The Kier molecular flexibility index (Phi) is 4.00. The van der Waals surface area contributed by atoms with Gasteiger partial charge in [-0.1, -0.05) is 0 Å². The number of hydrogen-bond acceptors (Lipinski definition) is 5. The van der Waals surface area contributed by atoms with Crippen molar-refractivity contribution in [1.82, 2.24) is 19.3 Å². The predicted octanol–water partition coefficient (Wildman–Crippen LogP) is 2.06. The van der Waals surface area contributed by atoms with Crippen LogP contribution in [0.25, 0.3) is 10.2 Å². The Morgan fingerprint density at radius 1 is 1.29 bits per heavy atom. The topological polar surface area (TPSA) is 81.8 Å². The average molecular weight is 345 g/mol. The largest absolute Gasteiger partial charge is 0.321 e. The number of carbonyl (C=O) groups excluding carboxylic acids is 1. The smallest absolute Gasteiger partial charge is 0.262 e. The maximum atomic E-state index is 12.6. The standard InChI is InChI=1S/C16H19N5O2S/c1-8-11(4)24-15-13(8)16(23)21(7-17-15)6-12(22)18-14-9(2)19-20(5)10(14)3/h7H,6H2,1-5H3,(H,18,22). The molecule has 8 heteroatoms. The van der Waals surface area contributed by atoms with Crippen LogP contribution < -0.4 is 10.9 Å². The third kappa shape index (κ3) is 2.62. The van der Waals surface area contributed by atoms with Crippen molar-refractivity contribution in [3.63, 3.8) is 0 Å². The van der Waals surface area contributed by atoms with E-state index in [2.05, 4.69) is 15.4 Å². The fourth-order valence-electron chi connectivity index (χ4n) is 2.67. The molecule has 0 spiro atoms. The van der Waals surface area contributed by atoms with Gasteiger partial charge in [0.25, 0.3) is 5.56 Å². The highest BCUT2D eigenvalue weighted by molar-refractivity contribution is 7.18. The molecule has 0 aliphatic rings. The van der Waals surface area contributed by atoms with Crippen LogP contribution in [0.15, 0.2) is 11.1 Å². The first kappa shape index (κ1) is 16.4. The zero-order chi connectivity index (χ0) is 17.6. The van der Waals surface area contributed by atoms with Crippen molar-refractivity contribution in [1.29, 1.82) is 0 Å². The van der Waals surface area contributed by atoms with Crippen molar-refractivity contribution < 1.29 is 4.79 Å². The van der Waals surface area contributed by atoms with Gasteiger partial charge in [-0.3, -0.25) is 18.8 Å². The van der Waals surface area contributed by atoms with Crippen molar-refractivity contribution in [3.8, 4) is 0 Å². The molecule has 0 aliphatic heterocycles. The van der Waals surface area contributed by atoms with Crippen LogP contribution in [-0.2, 0) is 18.4 Å². The highest BCUT2D eigenvalue weighted by atomic mass is 32.1. The van der Waals surface area contributed by atoms with Crippen LogP contribution in [0.3, 0.4) is 0 Å². The maximum absolute atomic E-state index is 12.6.